The maximum atomic E-state index is 9.83. The van der Waals surface area contributed by atoms with Gasteiger partial charge in [0, 0.05) is 21.8 Å². The minimum Gasteiger partial charge on any atom is -0.507 e. The highest BCUT2D eigenvalue weighted by atomic mass is 79.9. The van der Waals surface area contributed by atoms with Gasteiger partial charge in [0.05, 0.1) is 11.7 Å². The highest BCUT2D eigenvalue weighted by Gasteiger charge is 2.07. The molecule has 0 saturated heterocycles. The molecular weight excluding hydrogens is 280 g/mol. The van der Waals surface area contributed by atoms with E-state index in [-0.39, 0.29) is 5.75 Å². The Labute approximate surface area is 106 Å². The van der Waals surface area contributed by atoms with Crippen LogP contribution in [-0.4, -0.2) is 14.7 Å². The SMILES string of the molecule is Oc1ccccc1-c1cc(Br)c2ccnn2c1. The maximum Gasteiger partial charge on any atom is 0.123 e. The van der Waals surface area contributed by atoms with Crippen LogP contribution in [0.4, 0.5) is 0 Å². The number of phenols is 1. The average molecular weight is 289 g/mol. The van der Waals surface area contributed by atoms with Crippen molar-refractivity contribution in [3.8, 4) is 16.9 Å². The molecule has 17 heavy (non-hydrogen) atoms. The zero-order valence-electron chi connectivity index (χ0n) is 8.84. The number of hydrogen-bond acceptors (Lipinski definition) is 2. The second kappa shape index (κ2) is 3.89. The lowest BCUT2D eigenvalue weighted by Crippen LogP contribution is -1.89. The first-order valence-corrected chi connectivity index (χ1v) is 5.96. The Bertz CT molecular complexity index is 691. The lowest BCUT2D eigenvalue weighted by Gasteiger charge is -2.06. The van der Waals surface area contributed by atoms with Gasteiger partial charge in [0.2, 0.25) is 0 Å². The van der Waals surface area contributed by atoms with E-state index in [1.807, 2.05) is 30.5 Å². The van der Waals surface area contributed by atoms with Crippen molar-refractivity contribution >= 4 is 21.4 Å². The van der Waals surface area contributed by atoms with E-state index < -0.39 is 0 Å². The van der Waals surface area contributed by atoms with E-state index in [2.05, 4.69) is 21.0 Å². The number of hydrogen-bond donors (Lipinski definition) is 1. The Kier molecular flexibility index (Phi) is 2.37. The Balaban J connectivity index is 2.28. The quantitative estimate of drug-likeness (QED) is 0.744. The van der Waals surface area contributed by atoms with Crippen LogP contribution in [-0.2, 0) is 0 Å². The van der Waals surface area contributed by atoms with Gasteiger partial charge in [-0.2, -0.15) is 5.10 Å². The molecule has 0 atom stereocenters. The lowest BCUT2D eigenvalue weighted by atomic mass is 10.1. The smallest absolute Gasteiger partial charge is 0.123 e. The number of aromatic hydroxyl groups is 1. The molecule has 2 aromatic heterocycles. The van der Waals surface area contributed by atoms with E-state index in [0.717, 1.165) is 21.1 Å². The Morgan fingerprint density at radius 3 is 2.82 bits per heavy atom. The van der Waals surface area contributed by atoms with Gasteiger partial charge in [-0.25, -0.2) is 4.52 Å². The summed E-state index contributed by atoms with van der Waals surface area (Å²) in [6.45, 7) is 0. The van der Waals surface area contributed by atoms with E-state index in [9.17, 15) is 5.11 Å². The molecule has 0 fully saturated rings. The standard InChI is InChI=1S/C13H9BrN2O/c14-11-7-9(8-16-12(11)5-6-15-16)10-3-1-2-4-13(10)17/h1-8,17H. The van der Waals surface area contributed by atoms with Crippen LogP contribution in [0.2, 0.25) is 0 Å². The summed E-state index contributed by atoms with van der Waals surface area (Å²) in [6.07, 6.45) is 3.64. The Hall–Kier alpha value is -1.81. The molecule has 3 nitrogen and oxygen atoms in total. The van der Waals surface area contributed by atoms with Gasteiger partial charge >= 0.3 is 0 Å². The molecule has 0 unspecified atom stereocenters. The summed E-state index contributed by atoms with van der Waals surface area (Å²) in [5.74, 6) is 0.269. The van der Waals surface area contributed by atoms with E-state index in [0.29, 0.717) is 0 Å². The molecule has 0 bridgehead atoms. The van der Waals surface area contributed by atoms with Gasteiger partial charge in [0.25, 0.3) is 0 Å². The molecule has 0 radical (unpaired) electrons. The van der Waals surface area contributed by atoms with Crippen LogP contribution >= 0.6 is 15.9 Å². The van der Waals surface area contributed by atoms with Gasteiger partial charge in [0.15, 0.2) is 0 Å². The molecule has 0 aliphatic carbocycles. The normalized spacial score (nSPS) is 10.9. The molecule has 0 saturated carbocycles. The van der Waals surface area contributed by atoms with Crippen molar-refractivity contribution in [2.45, 2.75) is 0 Å². The van der Waals surface area contributed by atoms with Gasteiger partial charge in [-0.05, 0) is 34.1 Å². The topological polar surface area (TPSA) is 37.5 Å². The van der Waals surface area contributed by atoms with Crippen LogP contribution in [0, 0.1) is 0 Å². The predicted octanol–water partition coefficient (Wildman–Crippen LogP) is 3.47. The molecule has 3 aromatic rings. The number of benzene rings is 1. The highest BCUT2D eigenvalue weighted by Crippen LogP contribution is 2.31. The molecule has 0 spiro atoms. The van der Waals surface area contributed by atoms with Crippen LogP contribution in [0.1, 0.15) is 0 Å². The fourth-order valence-electron chi connectivity index (χ4n) is 1.85. The molecule has 0 aliphatic heterocycles. The Morgan fingerprint density at radius 1 is 1.18 bits per heavy atom. The van der Waals surface area contributed by atoms with Gasteiger partial charge in [-0.1, -0.05) is 18.2 Å². The number of nitrogens with zero attached hydrogens (tertiary/aromatic N) is 2. The van der Waals surface area contributed by atoms with Crippen LogP contribution in [0.3, 0.4) is 0 Å². The van der Waals surface area contributed by atoms with E-state index in [4.69, 9.17) is 0 Å². The summed E-state index contributed by atoms with van der Waals surface area (Å²) in [5.41, 5.74) is 2.72. The summed E-state index contributed by atoms with van der Waals surface area (Å²) in [7, 11) is 0. The van der Waals surface area contributed by atoms with Crippen molar-refractivity contribution in [1.29, 1.82) is 0 Å². The van der Waals surface area contributed by atoms with Crippen LogP contribution < -0.4 is 0 Å². The minimum absolute atomic E-state index is 0.269. The first-order chi connectivity index (χ1) is 8.25. The zero-order chi connectivity index (χ0) is 11.8. The minimum atomic E-state index is 0.269. The third-order valence-corrected chi connectivity index (χ3v) is 3.31. The van der Waals surface area contributed by atoms with E-state index in [1.165, 1.54) is 0 Å². The number of rotatable bonds is 1. The van der Waals surface area contributed by atoms with Crippen LogP contribution in [0.5, 0.6) is 5.75 Å². The van der Waals surface area contributed by atoms with Crippen molar-refractivity contribution < 1.29 is 5.11 Å². The van der Waals surface area contributed by atoms with Gasteiger partial charge in [-0.15, -0.1) is 0 Å². The van der Waals surface area contributed by atoms with Crippen molar-refractivity contribution in [2.75, 3.05) is 0 Å². The number of halogens is 1. The summed E-state index contributed by atoms with van der Waals surface area (Å²) < 4.78 is 2.74. The lowest BCUT2D eigenvalue weighted by molar-refractivity contribution is 0.477. The predicted molar refractivity (Wildman–Crippen MR) is 70.0 cm³/mol. The molecule has 3 rings (SSSR count). The number of aromatic nitrogens is 2. The Morgan fingerprint density at radius 2 is 2.00 bits per heavy atom. The van der Waals surface area contributed by atoms with Crippen molar-refractivity contribution in [3.63, 3.8) is 0 Å². The molecule has 1 aromatic carbocycles. The fourth-order valence-corrected chi connectivity index (χ4v) is 2.41. The molecule has 2 heterocycles. The second-order valence-electron chi connectivity index (χ2n) is 3.75. The summed E-state index contributed by atoms with van der Waals surface area (Å²) in [5, 5.41) is 14.0. The number of fused-ring (bicyclic) bond motifs is 1. The fraction of sp³-hybridized carbons (Fsp3) is 0. The summed E-state index contributed by atoms with van der Waals surface area (Å²) >= 11 is 3.51. The number of pyridine rings is 1. The monoisotopic (exact) mass is 288 g/mol. The van der Waals surface area contributed by atoms with Gasteiger partial charge in [-0.3, -0.25) is 0 Å². The van der Waals surface area contributed by atoms with Crippen LogP contribution in [0.25, 0.3) is 16.6 Å². The first kappa shape index (κ1) is 10.4. The summed E-state index contributed by atoms with van der Waals surface area (Å²) in [4.78, 5) is 0. The number of phenolic OH excluding ortho intramolecular Hbond substituents is 1. The van der Waals surface area contributed by atoms with Crippen LogP contribution in [0.15, 0.2) is 53.3 Å². The molecule has 1 N–H and O–H groups in total. The molecule has 4 heteroatoms. The molecule has 0 aliphatic rings. The third kappa shape index (κ3) is 1.70. The van der Waals surface area contributed by atoms with Gasteiger partial charge in [0.1, 0.15) is 5.75 Å². The average Bonchev–Trinajstić information content (AvgIpc) is 2.78. The summed E-state index contributed by atoms with van der Waals surface area (Å²) in [6, 6.07) is 11.2. The van der Waals surface area contributed by atoms with Crippen molar-refractivity contribution in [2.24, 2.45) is 0 Å². The van der Waals surface area contributed by atoms with Crippen molar-refractivity contribution in [3.05, 3.63) is 53.3 Å². The second-order valence-corrected chi connectivity index (χ2v) is 4.61. The highest BCUT2D eigenvalue weighted by molar-refractivity contribution is 9.10. The maximum absolute atomic E-state index is 9.83. The van der Waals surface area contributed by atoms with Gasteiger partial charge < -0.3 is 5.11 Å². The van der Waals surface area contributed by atoms with E-state index >= 15 is 0 Å². The third-order valence-electron chi connectivity index (χ3n) is 2.67. The largest absolute Gasteiger partial charge is 0.507 e. The number of para-hydroxylation sites is 1. The zero-order valence-corrected chi connectivity index (χ0v) is 10.4. The molecule has 0 amide bonds. The first-order valence-electron chi connectivity index (χ1n) is 5.17. The van der Waals surface area contributed by atoms with E-state index in [1.54, 1.807) is 22.8 Å². The molecule has 84 valence electrons. The molecular formula is C13H9BrN2O. The van der Waals surface area contributed by atoms with Crippen molar-refractivity contribution in [1.82, 2.24) is 9.61 Å².